The summed E-state index contributed by atoms with van der Waals surface area (Å²) in [5, 5.41) is 11.0. The molecule has 1 N–H and O–H groups in total. The van der Waals surface area contributed by atoms with Crippen LogP contribution in [0.2, 0.25) is 5.02 Å². The highest BCUT2D eigenvalue weighted by Gasteiger charge is 2.13. The lowest BCUT2D eigenvalue weighted by Crippen LogP contribution is -2.37. The van der Waals surface area contributed by atoms with Crippen LogP contribution in [0, 0.1) is 6.92 Å². The number of hydrogen-bond donors (Lipinski definition) is 1. The summed E-state index contributed by atoms with van der Waals surface area (Å²) in [4.78, 5) is 2.17. The molecule has 2 aromatic rings. The number of aliphatic hydroxyl groups is 1. The molecule has 5 heteroatoms. The van der Waals surface area contributed by atoms with Crippen molar-refractivity contribution in [2.75, 3.05) is 33.4 Å². The fraction of sp³-hybridized carbons (Fsp3) is 0.400. The highest BCUT2D eigenvalue weighted by Crippen LogP contribution is 2.16. The fourth-order valence-corrected chi connectivity index (χ4v) is 2.72. The summed E-state index contributed by atoms with van der Waals surface area (Å²) in [5.74, 6) is 0.700. The average molecular weight is 364 g/mol. The van der Waals surface area contributed by atoms with Crippen molar-refractivity contribution in [3.8, 4) is 5.75 Å². The van der Waals surface area contributed by atoms with Gasteiger partial charge in [-0.3, -0.25) is 4.90 Å². The zero-order valence-electron chi connectivity index (χ0n) is 14.8. The normalized spacial score (nSPS) is 12.4. The Kier molecular flexibility index (Phi) is 8.22. The molecule has 2 rings (SSSR count). The van der Waals surface area contributed by atoms with Crippen LogP contribution in [0.25, 0.3) is 0 Å². The largest absolute Gasteiger partial charge is 0.491 e. The van der Waals surface area contributed by atoms with Gasteiger partial charge in [0.25, 0.3) is 0 Å². The van der Waals surface area contributed by atoms with Crippen LogP contribution in [-0.4, -0.2) is 49.5 Å². The maximum Gasteiger partial charge on any atom is 0.119 e. The molecule has 0 aromatic heterocycles. The molecule has 0 aliphatic heterocycles. The monoisotopic (exact) mass is 363 g/mol. The van der Waals surface area contributed by atoms with Gasteiger partial charge < -0.3 is 14.6 Å². The molecule has 0 aliphatic carbocycles. The minimum Gasteiger partial charge on any atom is -0.491 e. The number of methoxy groups -OCH3 is 1. The van der Waals surface area contributed by atoms with Gasteiger partial charge in [0.2, 0.25) is 0 Å². The van der Waals surface area contributed by atoms with Gasteiger partial charge in [-0.25, -0.2) is 0 Å². The van der Waals surface area contributed by atoms with Crippen molar-refractivity contribution in [2.24, 2.45) is 0 Å². The Morgan fingerprint density at radius 2 is 1.92 bits per heavy atom. The van der Waals surface area contributed by atoms with Crippen LogP contribution in [0.3, 0.4) is 0 Å². The number of benzene rings is 2. The minimum atomic E-state index is -0.586. The maximum absolute atomic E-state index is 10.3. The summed E-state index contributed by atoms with van der Waals surface area (Å²) < 4.78 is 10.8. The molecule has 0 aliphatic rings. The van der Waals surface area contributed by atoms with Gasteiger partial charge in [-0.1, -0.05) is 41.4 Å². The molecule has 0 spiro atoms. The highest BCUT2D eigenvalue weighted by atomic mass is 35.5. The topological polar surface area (TPSA) is 41.9 Å². The van der Waals surface area contributed by atoms with E-state index in [1.54, 1.807) is 31.4 Å². The second kappa shape index (κ2) is 10.4. The number of aryl methyl sites for hydroxylation is 1. The number of rotatable bonds is 10. The second-order valence-corrected chi connectivity index (χ2v) is 6.57. The van der Waals surface area contributed by atoms with Crippen molar-refractivity contribution < 1.29 is 14.6 Å². The van der Waals surface area contributed by atoms with E-state index < -0.39 is 6.10 Å². The second-order valence-electron chi connectivity index (χ2n) is 6.14. The molecule has 0 amide bonds. The lowest BCUT2D eigenvalue weighted by atomic mass is 10.1. The van der Waals surface area contributed by atoms with E-state index >= 15 is 0 Å². The van der Waals surface area contributed by atoms with Crippen LogP contribution in [-0.2, 0) is 11.3 Å². The van der Waals surface area contributed by atoms with Gasteiger partial charge in [0.1, 0.15) is 18.5 Å². The lowest BCUT2D eigenvalue weighted by molar-refractivity contribution is 0.0542. The van der Waals surface area contributed by atoms with E-state index in [-0.39, 0.29) is 6.61 Å². The molecule has 0 heterocycles. The Balaban J connectivity index is 1.87. The summed E-state index contributed by atoms with van der Waals surface area (Å²) in [7, 11) is 1.69. The van der Waals surface area contributed by atoms with E-state index in [1.807, 2.05) is 0 Å². The van der Waals surface area contributed by atoms with Gasteiger partial charge >= 0.3 is 0 Å². The molecule has 0 bridgehead atoms. The third-order valence-electron chi connectivity index (χ3n) is 3.83. The number of halogens is 1. The van der Waals surface area contributed by atoms with Gasteiger partial charge in [0, 0.05) is 31.8 Å². The Hall–Kier alpha value is -1.59. The third kappa shape index (κ3) is 7.45. The van der Waals surface area contributed by atoms with Crippen molar-refractivity contribution in [1.29, 1.82) is 0 Å². The summed E-state index contributed by atoms with van der Waals surface area (Å²) in [5.41, 5.74) is 2.46. The van der Waals surface area contributed by atoms with E-state index in [4.69, 9.17) is 21.1 Å². The zero-order chi connectivity index (χ0) is 18.1. The number of aliphatic hydroxyl groups excluding tert-OH is 1. The lowest BCUT2D eigenvalue weighted by Gasteiger charge is -2.25. The van der Waals surface area contributed by atoms with Crippen molar-refractivity contribution >= 4 is 11.6 Å². The molecule has 0 saturated carbocycles. The van der Waals surface area contributed by atoms with Crippen LogP contribution < -0.4 is 4.74 Å². The summed E-state index contributed by atoms with van der Waals surface area (Å²) in [6.07, 6.45) is -0.586. The average Bonchev–Trinajstić information content (AvgIpc) is 2.59. The van der Waals surface area contributed by atoms with Crippen molar-refractivity contribution in [2.45, 2.75) is 19.6 Å². The molecule has 0 radical (unpaired) electrons. The molecule has 1 unspecified atom stereocenters. The van der Waals surface area contributed by atoms with Crippen molar-refractivity contribution in [3.63, 3.8) is 0 Å². The van der Waals surface area contributed by atoms with Crippen LogP contribution in [0.15, 0.2) is 48.5 Å². The van der Waals surface area contributed by atoms with Crippen molar-refractivity contribution in [3.05, 3.63) is 64.7 Å². The maximum atomic E-state index is 10.3. The molecule has 136 valence electrons. The van der Waals surface area contributed by atoms with Crippen LogP contribution in [0.4, 0.5) is 0 Å². The first kappa shape index (κ1) is 19.7. The zero-order valence-corrected chi connectivity index (χ0v) is 15.6. The van der Waals surface area contributed by atoms with E-state index in [1.165, 1.54) is 11.1 Å². The third-order valence-corrected chi connectivity index (χ3v) is 4.08. The van der Waals surface area contributed by atoms with Crippen LogP contribution in [0.1, 0.15) is 11.1 Å². The standard InChI is InChI=1S/C20H26ClNO3/c1-16-4-3-5-17(12-16)13-22(10-11-24-2)14-19(23)15-25-20-8-6-18(21)7-9-20/h3-9,12,19,23H,10-11,13-15H2,1-2H3. The van der Waals surface area contributed by atoms with Gasteiger partial charge in [-0.2, -0.15) is 0 Å². The minimum absolute atomic E-state index is 0.235. The van der Waals surface area contributed by atoms with Gasteiger partial charge in [0.15, 0.2) is 0 Å². The van der Waals surface area contributed by atoms with Gasteiger partial charge in [0.05, 0.1) is 6.61 Å². The van der Waals surface area contributed by atoms with Crippen LogP contribution in [0.5, 0.6) is 5.75 Å². The quantitative estimate of drug-likeness (QED) is 0.701. The first-order valence-corrected chi connectivity index (χ1v) is 8.78. The molecule has 2 aromatic carbocycles. The predicted molar refractivity (Wildman–Crippen MR) is 101 cm³/mol. The Morgan fingerprint density at radius 1 is 1.16 bits per heavy atom. The van der Waals surface area contributed by atoms with E-state index in [0.717, 1.165) is 13.1 Å². The number of hydrogen-bond acceptors (Lipinski definition) is 4. The Labute approximate surface area is 154 Å². The molecule has 1 atom stereocenters. The van der Waals surface area contributed by atoms with Crippen LogP contribution >= 0.6 is 11.6 Å². The fourth-order valence-electron chi connectivity index (χ4n) is 2.60. The smallest absolute Gasteiger partial charge is 0.119 e. The van der Waals surface area contributed by atoms with E-state index in [9.17, 15) is 5.11 Å². The van der Waals surface area contributed by atoms with Gasteiger partial charge in [-0.05, 0) is 36.8 Å². The van der Waals surface area contributed by atoms with Crippen molar-refractivity contribution in [1.82, 2.24) is 4.90 Å². The first-order valence-electron chi connectivity index (χ1n) is 8.40. The molecular formula is C20H26ClNO3. The Morgan fingerprint density at radius 3 is 2.60 bits per heavy atom. The Bertz CT molecular complexity index is 633. The molecule has 4 nitrogen and oxygen atoms in total. The van der Waals surface area contributed by atoms with Gasteiger partial charge in [-0.15, -0.1) is 0 Å². The van der Waals surface area contributed by atoms with E-state index in [2.05, 4.69) is 36.1 Å². The summed E-state index contributed by atoms with van der Waals surface area (Å²) in [6, 6.07) is 15.5. The SMILES string of the molecule is COCCN(Cc1cccc(C)c1)CC(O)COc1ccc(Cl)cc1. The molecule has 25 heavy (non-hydrogen) atoms. The first-order chi connectivity index (χ1) is 12.1. The predicted octanol–water partition coefficient (Wildman–Crippen LogP) is 3.54. The number of ether oxygens (including phenoxy) is 2. The molecular weight excluding hydrogens is 338 g/mol. The summed E-state index contributed by atoms with van der Waals surface area (Å²) in [6.45, 7) is 4.98. The van der Waals surface area contributed by atoms with E-state index in [0.29, 0.717) is 23.9 Å². The molecule has 0 fully saturated rings. The molecule has 0 saturated heterocycles. The highest BCUT2D eigenvalue weighted by molar-refractivity contribution is 6.30. The summed E-state index contributed by atoms with van der Waals surface area (Å²) >= 11 is 5.86. The number of nitrogens with zero attached hydrogens (tertiary/aromatic N) is 1.